The highest BCUT2D eigenvalue weighted by Gasteiger charge is 2.29. The van der Waals surface area contributed by atoms with Crippen LogP contribution in [-0.2, 0) is 0 Å². The van der Waals surface area contributed by atoms with Crippen molar-refractivity contribution in [3.05, 3.63) is 159 Å². The molecule has 0 saturated carbocycles. The molecule has 3 nitrogen and oxygen atoms in total. The molecule has 0 aromatic heterocycles. The van der Waals surface area contributed by atoms with Crippen molar-refractivity contribution in [1.82, 2.24) is 0 Å². The second-order valence-electron chi connectivity index (χ2n) is 9.93. The summed E-state index contributed by atoms with van der Waals surface area (Å²) in [6.07, 6.45) is 0. The van der Waals surface area contributed by atoms with Gasteiger partial charge in [-0.3, -0.25) is 9.59 Å². The molecule has 0 radical (unpaired) electrons. The van der Waals surface area contributed by atoms with E-state index in [1.54, 1.807) is 30.3 Å². The van der Waals surface area contributed by atoms with E-state index < -0.39 is 0 Å². The lowest BCUT2D eigenvalue weighted by molar-refractivity contribution is 0.0979. The monoisotopic (exact) mass is 657 g/mol. The summed E-state index contributed by atoms with van der Waals surface area (Å²) in [5.41, 5.74) is 6.82. The van der Waals surface area contributed by atoms with Crippen molar-refractivity contribution in [2.24, 2.45) is 0 Å². The fourth-order valence-corrected chi connectivity index (χ4v) is 6.13. The maximum Gasteiger partial charge on any atom is 0.194 e. The zero-order valence-electron chi connectivity index (χ0n) is 21.6. The molecule has 0 saturated heterocycles. The van der Waals surface area contributed by atoms with Crippen molar-refractivity contribution in [2.45, 2.75) is 0 Å². The second kappa shape index (κ2) is 10.3. The summed E-state index contributed by atoms with van der Waals surface area (Å²) in [6, 6.07) is 41.8. The van der Waals surface area contributed by atoms with E-state index in [-0.39, 0.29) is 11.6 Å². The van der Waals surface area contributed by atoms with Crippen LogP contribution in [0.1, 0.15) is 31.8 Å². The van der Waals surface area contributed by atoms with Gasteiger partial charge in [0, 0.05) is 48.0 Å². The Balaban J connectivity index is 1.40. The van der Waals surface area contributed by atoms with Crippen LogP contribution in [-0.4, -0.2) is 11.6 Å². The minimum absolute atomic E-state index is 0.110. The fraction of sp³-hybridized carbons (Fsp3) is 0. The maximum atomic E-state index is 13.4. The zero-order valence-corrected chi connectivity index (χ0v) is 24.8. The molecule has 0 fully saturated rings. The molecule has 0 amide bonds. The van der Waals surface area contributed by atoms with Crippen LogP contribution in [0.2, 0.25) is 0 Å². The third kappa shape index (κ3) is 4.42. The molecule has 196 valence electrons. The highest BCUT2D eigenvalue weighted by Crippen LogP contribution is 2.43. The van der Waals surface area contributed by atoms with Gasteiger partial charge in [-0.15, -0.1) is 0 Å². The second-order valence-corrected chi connectivity index (χ2v) is 11.8. The van der Waals surface area contributed by atoms with Crippen molar-refractivity contribution >= 4 is 71.3 Å². The molecule has 6 aromatic rings. The van der Waals surface area contributed by atoms with Crippen LogP contribution in [0.15, 0.2) is 136 Å². The first-order valence-electron chi connectivity index (χ1n) is 13.2. The first kappa shape index (κ1) is 25.6. The number of hydrogen-bond acceptors (Lipinski definition) is 3. The molecular formula is C36H21Br2NO2. The number of anilines is 3. The first-order valence-corrected chi connectivity index (χ1v) is 14.7. The number of carbonyl (C=O) groups is 2. The Hall–Kier alpha value is -4.32. The highest BCUT2D eigenvalue weighted by molar-refractivity contribution is 9.10. The highest BCUT2D eigenvalue weighted by atomic mass is 79.9. The Labute approximate surface area is 254 Å². The van der Waals surface area contributed by atoms with Crippen molar-refractivity contribution in [3.63, 3.8) is 0 Å². The average molecular weight is 659 g/mol. The van der Waals surface area contributed by atoms with E-state index in [4.69, 9.17) is 0 Å². The van der Waals surface area contributed by atoms with Crippen LogP contribution in [0.5, 0.6) is 0 Å². The Morgan fingerprint density at radius 1 is 0.439 bits per heavy atom. The predicted molar refractivity (Wildman–Crippen MR) is 173 cm³/mol. The summed E-state index contributed by atoms with van der Waals surface area (Å²) in [5.74, 6) is -0.226. The topological polar surface area (TPSA) is 37.4 Å². The Kier molecular flexibility index (Phi) is 6.41. The van der Waals surface area contributed by atoms with Crippen LogP contribution in [0.4, 0.5) is 17.1 Å². The third-order valence-corrected chi connectivity index (χ3v) is 8.61. The van der Waals surface area contributed by atoms with Crippen molar-refractivity contribution < 1.29 is 9.59 Å². The molecule has 0 atom stereocenters. The van der Waals surface area contributed by atoms with Gasteiger partial charge in [-0.25, -0.2) is 0 Å². The standard InChI is InChI=1S/C36H21Br2NO2/c37-23-10-14-25(15-11-23)39(26-16-12-24(38)13-17-26)34-20-19-27(28-5-1-2-6-29(28)34)22-9-18-32-33(21-22)36(41)31-8-4-3-7-30(31)35(32)40/h1-21H. The van der Waals surface area contributed by atoms with Crippen LogP contribution in [0.25, 0.3) is 21.9 Å². The van der Waals surface area contributed by atoms with Crippen LogP contribution in [0.3, 0.4) is 0 Å². The zero-order chi connectivity index (χ0) is 28.1. The van der Waals surface area contributed by atoms with Crippen LogP contribution in [0, 0.1) is 0 Å². The van der Waals surface area contributed by atoms with Gasteiger partial charge in [0.2, 0.25) is 0 Å². The lowest BCUT2D eigenvalue weighted by Crippen LogP contribution is -2.20. The van der Waals surface area contributed by atoms with Gasteiger partial charge in [0.25, 0.3) is 0 Å². The first-order chi connectivity index (χ1) is 20.0. The fourth-order valence-electron chi connectivity index (χ4n) is 5.60. The predicted octanol–water partition coefficient (Wildman–Crippen LogP) is 10.3. The molecule has 41 heavy (non-hydrogen) atoms. The smallest absolute Gasteiger partial charge is 0.194 e. The molecule has 7 rings (SSSR count). The van der Waals surface area contributed by atoms with Gasteiger partial charge < -0.3 is 4.90 Å². The van der Waals surface area contributed by atoms with E-state index in [1.807, 2.05) is 48.5 Å². The largest absolute Gasteiger partial charge is 0.310 e. The average Bonchev–Trinajstić information content (AvgIpc) is 3.01. The molecule has 1 aliphatic rings. The van der Waals surface area contributed by atoms with E-state index in [0.29, 0.717) is 22.3 Å². The molecule has 0 N–H and O–H groups in total. The summed E-state index contributed by atoms with van der Waals surface area (Å²) >= 11 is 7.13. The summed E-state index contributed by atoms with van der Waals surface area (Å²) < 4.78 is 2.03. The van der Waals surface area contributed by atoms with E-state index in [9.17, 15) is 9.59 Å². The third-order valence-electron chi connectivity index (χ3n) is 7.55. The van der Waals surface area contributed by atoms with Gasteiger partial charge in [-0.05, 0) is 83.2 Å². The molecule has 6 aromatic carbocycles. The van der Waals surface area contributed by atoms with E-state index in [0.717, 1.165) is 47.9 Å². The number of fused-ring (bicyclic) bond motifs is 3. The van der Waals surface area contributed by atoms with E-state index in [1.165, 1.54) is 0 Å². The van der Waals surface area contributed by atoms with Gasteiger partial charge in [-0.1, -0.05) is 92.5 Å². The van der Waals surface area contributed by atoms with Crippen LogP contribution < -0.4 is 4.90 Å². The SMILES string of the molecule is O=C1c2ccccc2C(=O)c2cc(-c3ccc(N(c4ccc(Br)cc4)c4ccc(Br)cc4)c4ccccc34)ccc21. The number of hydrogen-bond donors (Lipinski definition) is 0. The summed E-state index contributed by atoms with van der Waals surface area (Å²) in [5, 5.41) is 2.13. The normalized spacial score (nSPS) is 12.2. The molecule has 0 spiro atoms. The maximum absolute atomic E-state index is 13.4. The Morgan fingerprint density at radius 3 is 1.54 bits per heavy atom. The number of carbonyl (C=O) groups excluding carboxylic acids is 2. The summed E-state index contributed by atoms with van der Waals surface area (Å²) in [4.78, 5) is 28.9. The number of halogens is 2. The molecular weight excluding hydrogens is 638 g/mol. The molecule has 0 heterocycles. The van der Waals surface area contributed by atoms with Gasteiger partial charge in [0.15, 0.2) is 11.6 Å². The number of ketones is 2. The Morgan fingerprint density at radius 2 is 0.927 bits per heavy atom. The molecule has 0 aliphatic heterocycles. The van der Waals surface area contributed by atoms with Gasteiger partial charge in [0.1, 0.15) is 0 Å². The number of rotatable bonds is 4. The quantitative estimate of drug-likeness (QED) is 0.189. The minimum Gasteiger partial charge on any atom is -0.310 e. The summed E-state index contributed by atoms with van der Waals surface area (Å²) in [7, 11) is 0. The lowest BCUT2D eigenvalue weighted by atomic mass is 9.82. The molecule has 0 bridgehead atoms. The van der Waals surface area contributed by atoms with Gasteiger partial charge in [-0.2, -0.15) is 0 Å². The Bertz CT molecular complexity index is 1950. The number of benzene rings is 6. The van der Waals surface area contributed by atoms with Crippen molar-refractivity contribution in [2.75, 3.05) is 4.90 Å². The van der Waals surface area contributed by atoms with Gasteiger partial charge >= 0.3 is 0 Å². The van der Waals surface area contributed by atoms with Crippen molar-refractivity contribution in [3.8, 4) is 11.1 Å². The van der Waals surface area contributed by atoms with E-state index in [2.05, 4.69) is 85.3 Å². The van der Waals surface area contributed by atoms with E-state index >= 15 is 0 Å². The lowest BCUT2D eigenvalue weighted by Gasteiger charge is -2.27. The summed E-state index contributed by atoms with van der Waals surface area (Å²) in [6.45, 7) is 0. The molecule has 0 unspecified atom stereocenters. The molecule has 1 aliphatic carbocycles. The van der Waals surface area contributed by atoms with Crippen molar-refractivity contribution in [1.29, 1.82) is 0 Å². The number of nitrogens with zero attached hydrogens (tertiary/aromatic N) is 1. The van der Waals surface area contributed by atoms with Crippen LogP contribution >= 0.6 is 31.9 Å². The van der Waals surface area contributed by atoms with Gasteiger partial charge in [0.05, 0.1) is 5.69 Å². The molecule has 5 heteroatoms. The minimum atomic E-state index is -0.116.